The first-order valence-electron chi connectivity index (χ1n) is 11.1. The van der Waals surface area contributed by atoms with Crippen LogP contribution < -0.4 is 10.6 Å². The molecule has 1 saturated heterocycles. The van der Waals surface area contributed by atoms with E-state index in [1.54, 1.807) is 11.3 Å². The van der Waals surface area contributed by atoms with Crippen LogP contribution in [-0.2, 0) is 22.5 Å². The van der Waals surface area contributed by atoms with Crippen LogP contribution in [0.4, 0.5) is 9.93 Å². The summed E-state index contributed by atoms with van der Waals surface area (Å²) < 4.78 is 5.90. The summed E-state index contributed by atoms with van der Waals surface area (Å²) >= 11 is 1.58. The molecular formula is C24H29N3O3S. The molecule has 2 fully saturated rings. The van der Waals surface area contributed by atoms with Crippen LogP contribution in [0.25, 0.3) is 0 Å². The van der Waals surface area contributed by atoms with Crippen molar-refractivity contribution >= 4 is 28.5 Å². The van der Waals surface area contributed by atoms with E-state index in [1.165, 1.54) is 4.88 Å². The molecule has 1 saturated carbocycles. The number of ether oxygens (including phenoxy) is 1. The van der Waals surface area contributed by atoms with Gasteiger partial charge in [-0.3, -0.25) is 10.1 Å². The van der Waals surface area contributed by atoms with Gasteiger partial charge in [-0.25, -0.2) is 9.78 Å². The number of thiazole rings is 1. The van der Waals surface area contributed by atoms with Gasteiger partial charge in [-0.2, -0.15) is 0 Å². The summed E-state index contributed by atoms with van der Waals surface area (Å²) in [7, 11) is 0. The third-order valence-electron chi connectivity index (χ3n) is 7.67. The van der Waals surface area contributed by atoms with E-state index in [9.17, 15) is 9.59 Å². The SMILES string of the molecule is C[C@@H]1C(=O)O[C@@H]2[C@H]1CC[C@]1(C)Cc3sc(NC(=O)NCc4ccccc4)nc3[C@H](C)[C@H]21. The summed E-state index contributed by atoms with van der Waals surface area (Å²) in [5.74, 6) is 0.722. The highest BCUT2D eigenvalue weighted by atomic mass is 32.1. The van der Waals surface area contributed by atoms with Crippen LogP contribution in [0.5, 0.6) is 0 Å². The molecule has 0 bridgehead atoms. The standard InChI is InChI=1S/C24H29N3O3S/c1-13-16-9-10-24(3)11-17-19(14(2)18(24)20(16)30-21(13)28)26-23(31-17)27-22(29)25-12-15-7-5-4-6-8-15/h4-8,13-14,16,18,20H,9-12H2,1-3H3,(H2,25,26,27,29)/t13-,14+,16-,18+,20+,24+/m0/s1. The molecule has 2 heterocycles. The second kappa shape index (κ2) is 7.62. The van der Waals surface area contributed by atoms with Gasteiger partial charge in [0.25, 0.3) is 0 Å². The van der Waals surface area contributed by atoms with Crippen LogP contribution in [0.3, 0.4) is 0 Å². The Morgan fingerprint density at radius 3 is 2.81 bits per heavy atom. The maximum absolute atomic E-state index is 12.4. The van der Waals surface area contributed by atoms with Crippen molar-refractivity contribution in [3.8, 4) is 0 Å². The summed E-state index contributed by atoms with van der Waals surface area (Å²) in [5.41, 5.74) is 2.20. The fraction of sp³-hybridized carbons (Fsp3) is 0.542. The Balaban J connectivity index is 1.32. The van der Waals surface area contributed by atoms with Gasteiger partial charge in [0.1, 0.15) is 6.10 Å². The van der Waals surface area contributed by atoms with Gasteiger partial charge in [-0.05, 0) is 30.2 Å². The van der Waals surface area contributed by atoms with Crippen molar-refractivity contribution in [3.63, 3.8) is 0 Å². The summed E-state index contributed by atoms with van der Waals surface area (Å²) in [5, 5.41) is 6.45. The predicted octanol–water partition coefficient (Wildman–Crippen LogP) is 4.72. The minimum absolute atomic E-state index is 0.0101. The number of carbonyl (C=O) groups is 2. The van der Waals surface area contributed by atoms with Crippen molar-refractivity contribution in [2.45, 2.75) is 58.6 Å². The Hall–Kier alpha value is -2.41. The van der Waals surface area contributed by atoms with E-state index in [-0.39, 0.29) is 41.3 Å². The van der Waals surface area contributed by atoms with Gasteiger partial charge < -0.3 is 10.1 Å². The van der Waals surface area contributed by atoms with Gasteiger partial charge in [-0.15, -0.1) is 11.3 Å². The van der Waals surface area contributed by atoms with E-state index >= 15 is 0 Å². The predicted molar refractivity (Wildman–Crippen MR) is 120 cm³/mol. The first kappa shape index (κ1) is 20.5. The Labute approximate surface area is 186 Å². The first-order valence-corrected chi connectivity index (χ1v) is 12.0. The molecular weight excluding hydrogens is 410 g/mol. The van der Waals surface area contributed by atoms with Crippen molar-refractivity contribution < 1.29 is 14.3 Å². The Morgan fingerprint density at radius 1 is 1.26 bits per heavy atom. The van der Waals surface area contributed by atoms with Gasteiger partial charge >= 0.3 is 12.0 Å². The lowest BCUT2D eigenvalue weighted by Crippen LogP contribution is -2.50. The monoisotopic (exact) mass is 439 g/mol. The number of aromatic nitrogens is 1. The molecule has 2 aromatic rings. The Morgan fingerprint density at radius 2 is 2.03 bits per heavy atom. The number of hydrogen-bond acceptors (Lipinski definition) is 5. The quantitative estimate of drug-likeness (QED) is 0.678. The number of anilines is 1. The second-order valence-corrected chi connectivity index (χ2v) is 10.7. The molecule has 1 aromatic carbocycles. The van der Waals surface area contributed by atoms with Gasteiger partial charge in [0, 0.05) is 29.2 Å². The highest BCUT2D eigenvalue weighted by Crippen LogP contribution is 2.59. The molecule has 164 valence electrons. The molecule has 6 nitrogen and oxygen atoms in total. The minimum Gasteiger partial charge on any atom is -0.461 e. The normalized spacial score (nSPS) is 33.6. The molecule has 0 unspecified atom stereocenters. The lowest BCUT2D eigenvalue weighted by molar-refractivity contribution is -0.149. The number of fused-ring (bicyclic) bond motifs is 4. The molecule has 0 spiro atoms. The molecule has 31 heavy (non-hydrogen) atoms. The van der Waals surface area contributed by atoms with Crippen LogP contribution in [0.2, 0.25) is 0 Å². The van der Waals surface area contributed by atoms with Crippen LogP contribution >= 0.6 is 11.3 Å². The minimum atomic E-state index is -0.246. The van der Waals surface area contributed by atoms with Crippen molar-refractivity contribution in [3.05, 3.63) is 46.5 Å². The number of amides is 2. The number of rotatable bonds is 3. The van der Waals surface area contributed by atoms with Gasteiger partial charge in [0.2, 0.25) is 0 Å². The van der Waals surface area contributed by atoms with Crippen LogP contribution in [0, 0.1) is 23.2 Å². The van der Waals surface area contributed by atoms with Crippen molar-refractivity contribution in [2.75, 3.05) is 5.32 Å². The van der Waals surface area contributed by atoms with Crippen molar-refractivity contribution in [2.24, 2.45) is 23.2 Å². The molecule has 2 aliphatic carbocycles. The maximum Gasteiger partial charge on any atom is 0.321 e. The Bertz CT molecular complexity index is 1010. The average molecular weight is 440 g/mol. The zero-order valence-electron chi connectivity index (χ0n) is 18.2. The first-order chi connectivity index (χ1) is 14.9. The smallest absolute Gasteiger partial charge is 0.321 e. The van der Waals surface area contributed by atoms with Crippen LogP contribution in [-0.4, -0.2) is 23.1 Å². The maximum atomic E-state index is 12.4. The summed E-state index contributed by atoms with van der Waals surface area (Å²) in [4.78, 5) is 30.7. The lowest BCUT2D eigenvalue weighted by atomic mass is 9.54. The number of nitrogens with zero attached hydrogens (tertiary/aromatic N) is 1. The summed E-state index contributed by atoms with van der Waals surface area (Å²) in [6, 6.07) is 9.59. The van der Waals surface area contributed by atoms with Crippen LogP contribution in [0.15, 0.2) is 30.3 Å². The lowest BCUT2D eigenvalue weighted by Gasteiger charge is -2.51. The number of esters is 1. The van der Waals surface area contributed by atoms with E-state index in [4.69, 9.17) is 9.72 Å². The topological polar surface area (TPSA) is 80.3 Å². The zero-order valence-corrected chi connectivity index (χ0v) is 19.0. The second-order valence-electron chi connectivity index (χ2n) is 9.66. The summed E-state index contributed by atoms with van der Waals surface area (Å²) in [6.07, 6.45) is 3.05. The molecule has 0 radical (unpaired) electrons. The van der Waals surface area contributed by atoms with E-state index < -0.39 is 0 Å². The zero-order chi connectivity index (χ0) is 21.8. The van der Waals surface area contributed by atoms with Gasteiger partial charge in [0.05, 0.1) is 11.6 Å². The molecule has 7 heteroatoms. The number of nitrogens with one attached hydrogen (secondary N) is 2. The van der Waals surface area contributed by atoms with Gasteiger partial charge in [0.15, 0.2) is 5.13 Å². The summed E-state index contributed by atoms with van der Waals surface area (Å²) in [6.45, 7) is 7.02. The third-order valence-corrected chi connectivity index (χ3v) is 8.66. The van der Waals surface area contributed by atoms with Crippen LogP contribution in [0.1, 0.15) is 55.7 Å². The highest BCUT2D eigenvalue weighted by Gasteiger charge is 2.58. The largest absolute Gasteiger partial charge is 0.461 e. The molecule has 3 aliphatic rings. The van der Waals surface area contributed by atoms with Crippen molar-refractivity contribution in [1.82, 2.24) is 10.3 Å². The number of hydrogen-bond donors (Lipinski definition) is 2. The van der Waals surface area contributed by atoms with E-state index in [0.717, 1.165) is 30.5 Å². The van der Waals surface area contributed by atoms with Gasteiger partial charge in [-0.1, -0.05) is 51.1 Å². The molecule has 1 aromatic heterocycles. The Kier molecular flexibility index (Phi) is 5.04. The molecule has 2 N–H and O–H groups in total. The van der Waals surface area contributed by atoms with E-state index in [1.807, 2.05) is 37.3 Å². The average Bonchev–Trinajstić information content (AvgIpc) is 3.26. The van der Waals surface area contributed by atoms with E-state index in [2.05, 4.69) is 24.5 Å². The third kappa shape index (κ3) is 3.53. The van der Waals surface area contributed by atoms with E-state index in [0.29, 0.717) is 17.6 Å². The number of carbonyl (C=O) groups excluding carboxylic acids is 2. The molecule has 5 rings (SSSR count). The molecule has 2 amide bonds. The highest BCUT2D eigenvalue weighted by molar-refractivity contribution is 7.15. The van der Waals surface area contributed by atoms with Crippen molar-refractivity contribution in [1.29, 1.82) is 0 Å². The number of urea groups is 1. The molecule has 6 atom stereocenters. The molecule has 1 aliphatic heterocycles. The fourth-order valence-corrected chi connectivity index (χ4v) is 7.31. The fourth-order valence-electron chi connectivity index (χ4n) is 6.05. The number of benzene rings is 1.